The molecule has 9 heteroatoms. The van der Waals surface area contributed by atoms with Crippen molar-refractivity contribution in [3.05, 3.63) is 40.5 Å². The molecule has 7 nitrogen and oxygen atoms in total. The second-order valence-electron chi connectivity index (χ2n) is 5.76. The average molecular weight is 375 g/mol. The van der Waals surface area contributed by atoms with Crippen molar-refractivity contribution >= 4 is 28.6 Å². The van der Waals surface area contributed by atoms with Gasteiger partial charge in [-0.1, -0.05) is 11.3 Å². The normalized spacial score (nSPS) is 17.0. The third kappa shape index (κ3) is 3.94. The number of thiophene rings is 1. The standard InChI is InChI=1S/C16H17N5O2S2/c22-15(13-9-21(20-19-13)8-12-3-1-5-23-12)17-7-11-10-25-16(18-11)14-4-2-6-24-14/h2,4,6,9-10,12H,1,3,5,7-8H2,(H,17,22). The SMILES string of the molecule is O=C(NCc1csc(-c2cccs2)n1)c1cn(CC2CCCO2)nn1. The minimum absolute atomic E-state index is 0.170. The van der Waals surface area contributed by atoms with Crippen molar-refractivity contribution in [3.8, 4) is 9.88 Å². The molecule has 0 spiro atoms. The molecular formula is C16H17N5O2S2. The molecule has 0 saturated carbocycles. The molecular weight excluding hydrogens is 358 g/mol. The first kappa shape index (κ1) is 16.4. The molecule has 0 aromatic carbocycles. The number of nitrogens with zero attached hydrogens (tertiary/aromatic N) is 4. The molecule has 0 aliphatic carbocycles. The fraction of sp³-hybridized carbons (Fsp3) is 0.375. The second-order valence-corrected chi connectivity index (χ2v) is 7.57. The maximum Gasteiger partial charge on any atom is 0.273 e. The number of carbonyl (C=O) groups is 1. The van der Waals surface area contributed by atoms with Gasteiger partial charge < -0.3 is 10.1 Å². The Bertz CT molecular complexity index is 836. The summed E-state index contributed by atoms with van der Waals surface area (Å²) in [6.07, 6.45) is 3.93. The summed E-state index contributed by atoms with van der Waals surface area (Å²) in [4.78, 5) is 17.9. The number of thiazole rings is 1. The molecule has 1 saturated heterocycles. The van der Waals surface area contributed by atoms with E-state index in [-0.39, 0.29) is 12.0 Å². The van der Waals surface area contributed by atoms with E-state index < -0.39 is 0 Å². The molecule has 1 fully saturated rings. The van der Waals surface area contributed by atoms with Gasteiger partial charge >= 0.3 is 0 Å². The number of ether oxygens (including phenoxy) is 1. The second kappa shape index (κ2) is 7.42. The van der Waals surface area contributed by atoms with E-state index in [9.17, 15) is 4.79 Å². The van der Waals surface area contributed by atoms with Gasteiger partial charge in [-0.15, -0.1) is 27.8 Å². The Morgan fingerprint density at radius 1 is 1.44 bits per heavy atom. The van der Waals surface area contributed by atoms with Crippen LogP contribution in [0.1, 0.15) is 29.0 Å². The number of amides is 1. The van der Waals surface area contributed by atoms with Crippen LogP contribution in [0.3, 0.4) is 0 Å². The summed E-state index contributed by atoms with van der Waals surface area (Å²) in [5.41, 5.74) is 1.15. The van der Waals surface area contributed by atoms with Gasteiger partial charge in [0.15, 0.2) is 5.69 Å². The molecule has 3 aromatic rings. The number of nitrogens with one attached hydrogen (secondary N) is 1. The molecule has 1 unspecified atom stereocenters. The quantitative estimate of drug-likeness (QED) is 0.716. The maximum absolute atomic E-state index is 12.2. The predicted molar refractivity (Wildman–Crippen MR) is 95.6 cm³/mol. The summed E-state index contributed by atoms with van der Waals surface area (Å²) in [6, 6.07) is 4.04. The van der Waals surface area contributed by atoms with Crippen molar-refractivity contribution in [2.45, 2.75) is 32.0 Å². The summed E-state index contributed by atoms with van der Waals surface area (Å²) >= 11 is 3.23. The van der Waals surface area contributed by atoms with E-state index in [1.54, 1.807) is 33.6 Å². The zero-order chi connectivity index (χ0) is 17.1. The summed E-state index contributed by atoms with van der Waals surface area (Å²) in [5.74, 6) is -0.246. The Labute approximate surface area is 152 Å². The number of carbonyl (C=O) groups excluding carboxylic acids is 1. The lowest BCUT2D eigenvalue weighted by atomic mass is 10.2. The first-order chi connectivity index (χ1) is 12.3. The third-order valence-corrected chi connectivity index (χ3v) is 5.83. The summed E-state index contributed by atoms with van der Waals surface area (Å²) in [6.45, 7) is 1.81. The molecule has 1 atom stereocenters. The van der Waals surface area contributed by atoms with Crippen LogP contribution in [0.5, 0.6) is 0 Å². The van der Waals surface area contributed by atoms with Crippen molar-refractivity contribution in [2.24, 2.45) is 0 Å². The van der Waals surface area contributed by atoms with Gasteiger partial charge in [-0.25, -0.2) is 9.67 Å². The van der Waals surface area contributed by atoms with Crippen LogP contribution in [0.25, 0.3) is 9.88 Å². The first-order valence-electron chi connectivity index (χ1n) is 8.06. The molecule has 130 valence electrons. The Kier molecular flexibility index (Phi) is 4.86. The minimum atomic E-state index is -0.246. The third-order valence-electron chi connectivity index (χ3n) is 3.90. The van der Waals surface area contributed by atoms with E-state index in [1.165, 1.54) is 0 Å². The molecule has 3 aromatic heterocycles. The lowest BCUT2D eigenvalue weighted by Gasteiger charge is -2.07. The van der Waals surface area contributed by atoms with Crippen molar-refractivity contribution in [1.29, 1.82) is 0 Å². The van der Waals surface area contributed by atoms with Crippen LogP contribution in [-0.2, 0) is 17.8 Å². The maximum atomic E-state index is 12.2. The molecule has 4 rings (SSSR count). The fourth-order valence-electron chi connectivity index (χ4n) is 2.65. The zero-order valence-electron chi connectivity index (χ0n) is 13.4. The van der Waals surface area contributed by atoms with Gasteiger partial charge in [-0.2, -0.15) is 0 Å². The van der Waals surface area contributed by atoms with Gasteiger partial charge in [0.25, 0.3) is 5.91 Å². The van der Waals surface area contributed by atoms with E-state index >= 15 is 0 Å². The Balaban J connectivity index is 1.32. The predicted octanol–water partition coefficient (Wildman–Crippen LogP) is 2.57. The lowest BCUT2D eigenvalue weighted by Crippen LogP contribution is -2.23. The van der Waals surface area contributed by atoms with Crippen LogP contribution in [0.4, 0.5) is 0 Å². The summed E-state index contributed by atoms with van der Waals surface area (Å²) in [7, 11) is 0. The highest BCUT2D eigenvalue weighted by molar-refractivity contribution is 7.20. The van der Waals surface area contributed by atoms with Crippen LogP contribution < -0.4 is 5.32 Å². The van der Waals surface area contributed by atoms with E-state index in [0.29, 0.717) is 18.8 Å². The fourth-order valence-corrected chi connectivity index (χ4v) is 4.29. The molecule has 1 N–H and O–H groups in total. The van der Waals surface area contributed by atoms with Gasteiger partial charge in [0.2, 0.25) is 0 Å². The van der Waals surface area contributed by atoms with E-state index in [1.807, 2.05) is 22.9 Å². The monoisotopic (exact) mass is 375 g/mol. The highest BCUT2D eigenvalue weighted by Crippen LogP contribution is 2.27. The average Bonchev–Trinajstić information content (AvgIpc) is 3.39. The van der Waals surface area contributed by atoms with Crippen LogP contribution in [0, 0.1) is 0 Å². The van der Waals surface area contributed by atoms with Crippen molar-refractivity contribution in [3.63, 3.8) is 0 Å². The van der Waals surface area contributed by atoms with Crippen LogP contribution in [-0.4, -0.2) is 38.6 Å². The Morgan fingerprint density at radius 3 is 3.20 bits per heavy atom. The van der Waals surface area contributed by atoms with Crippen molar-refractivity contribution in [2.75, 3.05) is 6.61 Å². The van der Waals surface area contributed by atoms with Gasteiger partial charge in [0, 0.05) is 12.0 Å². The van der Waals surface area contributed by atoms with Crippen molar-refractivity contribution < 1.29 is 9.53 Å². The molecule has 25 heavy (non-hydrogen) atoms. The van der Waals surface area contributed by atoms with Crippen LogP contribution in [0.15, 0.2) is 29.1 Å². The number of hydrogen-bond donors (Lipinski definition) is 1. The van der Waals surface area contributed by atoms with E-state index in [0.717, 1.165) is 35.0 Å². The Hall–Kier alpha value is -2.10. The first-order valence-corrected chi connectivity index (χ1v) is 9.82. The number of rotatable bonds is 6. The number of hydrogen-bond acceptors (Lipinski definition) is 7. The smallest absolute Gasteiger partial charge is 0.273 e. The number of aromatic nitrogens is 4. The summed E-state index contributed by atoms with van der Waals surface area (Å²) < 4.78 is 7.24. The topological polar surface area (TPSA) is 81.9 Å². The molecule has 4 heterocycles. The molecule has 0 radical (unpaired) electrons. The Morgan fingerprint density at radius 2 is 2.40 bits per heavy atom. The van der Waals surface area contributed by atoms with Gasteiger partial charge in [0.1, 0.15) is 5.01 Å². The molecule has 1 aliphatic heterocycles. The van der Waals surface area contributed by atoms with Gasteiger partial charge in [-0.3, -0.25) is 4.79 Å². The van der Waals surface area contributed by atoms with Crippen LogP contribution in [0.2, 0.25) is 0 Å². The zero-order valence-corrected chi connectivity index (χ0v) is 15.1. The largest absolute Gasteiger partial charge is 0.376 e. The van der Waals surface area contributed by atoms with Gasteiger partial charge in [-0.05, 0) is 24.3 Å². The highest BCUT2D eigenvalue weighted by atomic mass is 32.1. The van der Waals surface area contributed by atoms with Crippen molar-refractivity contribution in [1.82, 2.24) is 25.3 Å². The summed E-state index contributed by atoms with van der Waals surface area (Å²) in [5, 5.41) is 15.8. The molecule has 0 bridgehead atoms. The van der Waals surface area contributed by atoms with E-state index in [2.05, 4.69) is 20.6 Å². The molecule has 1 amide bonds. The minimum Gasteiger partial charge on any atom is -0.376 e. The lowest BCUT2D eigenvalue weighted by molar-refractivity contribution is 0.0929. The van der Waals surface area contributed by atoms with Gasteiger partial charge in [0.05, 0.1) is 36.0 Å². The van der Waals surface area contributed by atoms with Crippen LogP contribution >= 0.6 is 22.7 Å². The highest BCUT2D eigenvalue weighted by Gasteiger charge is 2.18. The molecule has 1 aliphatic rings. The van der Waals surface area contributed by atoms with E-state index in [4.69, 9.17) is 4.74 Å².